The highest BCUT2D eigenvalue weighted by Crippen LogP contribution is 2.55. The van der Waals surface area contributed by atoms with Crippen molar-refractivity contribution in [2.75, 3.05) is 0 Å². The molecule has 0 bridgehead atoms. The van der Waals surface area contributed by atoms with E-state index in [4.69, 9.17) is 4.74 Å². The van der Waals surface area contributed by atoms with Gasteiger partial charge in [0.25, 0.3) is 0 Å². The molecule has 2 unspecified atom stereocenters. The molecule has 0 aromatic rings. The van der Waals surface area contributed by atoms with Gasteiger partial charge in [-0.3, -0.25) is 4.79 Å². The van der Waals surface area contributed by atoms with E-state index in [1.807, 2.05) is 0 Å². The number of hydrogen-bond donors (Lipinski definition) is 0. The quantitative estimate of drug-likeness (QED) is 0.394. The SMILES string of the molecule is CCCC(C1CCCCC1)C([SiH3])(C(=O)OC1CCCCC1)C1CCCCC1. The van der Waals surface area contributed by atoms with Crippen LogP contribution >= 0.6 is 0 Å². The number of carbonyl (C=O) groups excluding carboxylic acids is 1. The van der Waals surface area contributed by atoms with Gasteiger partial charge in [-0.25, -0.2) is 0 Å². The molecule has 3 aliphatic carbocycles. The topological polar surface area (TPSA) is 26.3 Å². The zero-order valence-corrected chi connectivity index (χ0v) is 20.1. The minimum atomic E-state index is -0.115. The van der Waals surface area contributed by atoms with E-state index in [0.29, 0.717) is 11.8 Å². The van der Waals surface area contributed by atoms with Crippen LogP contribution in [0.25, 0.3) is 0 Å². The summed E-state index contributed by atoms with van der Waals surface area (Å²) in [5.74, 6) is 2.22. The summed E-state index contributed by atoms with van der Waals surface area (Å²) < 4.78 is 6.32. The molecule has 2 atom stereocenters. The summed E-state index contributed by atoms with van der Waals surface area (Å²) in [6, 6.07) is 0. The smallest absolute Gasteiger partial charge is 0.309 e. The molecule has 0 aromatic carbocycles. The molecular weight excluding hydrogens is 348 g/mol. The molecule has 3 fully saturated rings. The van der Waals surface area contributed by atoms with E-state index in [-0.39, 0.29) is 17.1 Å². The summed E-state index contributed by atoms with van der Waals surface area (Å²) in [5, 5.41) is -0.115. The van der Waals surface area contributed by atoms with Crippen LogP contribution in [0.1, 0.15) is 116 Å². The van der Waals surface area contributed by atoms with Crippen molar-refractivity contribution >= 4 is 16.2 Å². The first-order valence-electron chi connectivity index (χ1n) is 12.4. The second kappa shape index (κ2) is 10.5. The minimum absolute atomic E-state index is 0.115. The maximum atomic E-state index is 13.8. The van der Waals surface area contributed by atoms with E-state index in [0.717, 1.165) is 29.0 Å². The van der Waals surface area contributed by atoms with Crippen LogP contribution in [0.4, 0.5) is 0 Å². The van der Waals surface area contributed by atoms with Crippen molar-refractivity contribution in [1.29, 1.82) is 0 Å². The Hall–Kier alpha value is -0.313. The zero-order chi connectivity index (χ0) is 19.1. The fourth-order valence-corrected chi connectivity index (χ4v) is 8.11. The lowest BCUT2D eigenvalue weighted by Crippen LogP contribution is -2.45. The molecular formula is C24H44O2Si. The molecule has 2 nitrogen and oxygen atoms in total. The molecule has 0 amide bonds. The molecule has 3 saturated carbocycles. The highest BCUT2D eigenvalue weighted by atomic mass is 28.1. The van der Waals surface area contributed by atoms with Gasteiger partial charge in [-0.15, -0.1) is 0 Å². The van der Waals surface area contributed by atoms with Gasteiger partial charge >= 0.3 is 5.97 Å². The molecule has 3 aliphatic rings. The predicted molar refractivity (Wildman–Crippen MR) is 117 cm³/mol. The van der Waals surface area contributed by atoms with Gasteiger partial charge in [0, 0.05) is 10.2 Å². The first-order chi connectivity index (χ1) is 13.2. The van der Waals surface area contributed by atoms with Gasteiger partial charge in [-0.1, -0.05) is 71.1 Å². The lowest BCUT2D eigenvalue weighted by Gasteiger charge is -2.48. The Bertz CT molecular complexity index is 447. The van der Waals surface area contributed by atoms with Crippen molar-refractivity contribution in [2.45, 2.75) is 127 Å². The first kappa shape index (κ1) is 21.4. The largest absolute Gasteiger partial charge is 0.462 e. The molecule has 0 N–H and O–H groups in total. The second-order valence-electron chi connectivity index (χ2n) is 10.1. The standard InChI is InChI=1S/C24H44O2Si/c1-2-12-22(19-13-6-3-7-14-19)24(27,20-15-8-4-9-16-20)23(25)26-21-17-10-5-11-18-21/h19-22H,2-18H2,1,27H3. The van der Waals surface area contributed by atoms with E-state index < -0.39 is 0 Å². The number of rotatable bonds is 7. The van der Waals surface area contributed by atoms with Crippen LogP contribution in [0.2, 0.25) is 5.04 Å². The third-order valence-electron chi connectivity index (χ3n) is 8.31. The second-order valence-corrected chi connectivity index (χ2v) is 11.7. The van der Waals surface area contributed by atoms with Gasteiger partial charge in [0.1, 0.15) is 6.10 Å². The Morgan fingerprint density at radius 1 is 0.889 bits per heavy atom. The van der Waals surface area contributed by atoms with Gasteiger partial charge in [0.2, 0.25) is 0 Å². The summed E-state index contributed by atoms with van der Waals surface area (Å²) in [6.45, 7) is 2.32. The number of ether oxygens (including phenoxy) is 1. The van der Waals surface area contributed by atoms with Crippen molar-refractivity contribution in [1.82, 2.24) is 0 Å². The van der Waals surface area contributed by atoms with Gasteiger partial charge < -0.3 is 4.74 Å². The lowest BCUT2D eigenvalue weighted by molar-refractivity contribution is -0.160. The fraction of sp³-hybridized carbons (Fsp3) is 0.958. The summed E-state index contributed by atoms with van der Waals surface area (Å²) >= 11 is 0. The van der Waals surface area contributed by atoms with E-state index in [2.05, 4.69) is 6.92 Å². The monoisotopic (exact) mass is 392 g/mol. The Balaban J connectivity index is 1.82. The zero-order valence-electron chi connectivity index (χ0n) is 18.1. The summed E-state index contributed by atoms with van der Waals surface area (Å²) in [4.78, 5) is 13.8. The molecule has 3 heteroatoms. The van der Waals surface area contributed by atoms with Gasteiger partial charge in [-0.2, -0.15) is 0 Å². The van der Waals surface area contributed by atoms with Crippen LogP contribution in [-0.4, -0.2) is 22.3 Å². The average molecular weight is 393 g/mol. The number of esters is 1. The Morgan fingerprint density at radius 3 is 1.96 bits per heavy atom. The van der Waals surface area contributed by atoms with Crippen LogP contribution in [0.5, 0.6) is 0 Å². The predicted octanol–water partition coefficient (Wildman–Crippen LogP) is 5.96. The van der Waals surface area contributed by atoms with Crippen LogP contribution in [0.15, 0.2) is 0 Å². The number of hydrogen-bond acceptors (Lipinski definition) is 2. The van der Waals surface area contributed by atoms with Gasteiger partial charge in [-0.05, 0) is 62.7 Å². The van der Waals surface area contributed by atoms with Crippen molar-refractivity contribution < 1.29 is 9.53 Å². The maximum Gasteiger partial charge on any atom is 0.309 e. The Kier molecular flexibility index (Phi) is 8.29. The van der Waals surface area contributed by atoms with Crippen LogP contribution in [0, 0.1) is 17.8 Å². The molecule has 0 aromatic heterocycles. The molecule has 156 valence electrons. The Labute approximate surface area is 171 Å². The molecule has 0 aliphatic heterocycles. The first-order valence-corrected chi connectivity index (χ1v) is 13.4. The van der Waals surface area contributed by atoms with E-state index in [1.165, 1.54) is 96.3 Å². The third kappa shape index (κ3) is 5.19. The van der Waals surface area contributed by atoms with E-state index in [9.17, 15) is 4.79 Å². The van der Waals surface area contributed by atoms with E-state index >= 15 is 0 Å². The Morgan fingerprint density at radius 2 is 1.41 bits per heavy atom. The van der Waals surface area contributed by atoms with Crippen molar-refractivity contribution in [3.8, 4) is 0 Å². The van der Waals surface area contributed by atoms with E-state index in [1.54, 1.807) is 0 Å². The molecule has 27 heavy (non-hydrogen) atoms. The number of carbonyl (C=O) groups is 1. The highest BCUT2D eigenvalue weighted by molar-refractivity contribution is 6.27. The van der Waals surface area contributed by atoms with Gasteiger partial charge in [0.15, 0.2) is 0 Å². The lowest BCUT2D eigenvalue weighted by atomic mass is 9.64. The third-order valence-corrected chi connectivity index (χ3v) is 10.3. The molecule has 0 radical (unpaired) electrons. The molecule has 0 heterocycles. The summed E-state index contributed by atoms with van der Waals surface area (Å²) in [5.41, 5.74) is 0. The van der Waals surface area contributed by atoms with Gasteiger partial charge in [0.05, 0.1) is 5.04 Å². The maximum absolute atomic E-state index is 13.8. The molecule has 0 spiro atoms. The average Bonchev–Trinajstić information content (AvgIpc) is 2.73. The van der Waals surface area contributed by atoms with Crippen molar-refractivity contribution in [2.24, 2.45) is 17.8 Å². The minimum Gasteiger partial charge on any atom is -0.462 e. The van der Waals surface area contributed by atoms with Crippen LogP contribution in [0.3, 0.4) is 0 Å². The van der Waals surface area contributed by atoms with Crippen LogP contribution < -0.4 is 0 Å². The fourth-order valence-electron chi connectivity index (χ4n) is 6.66. The van der Waals surface area contributed by atoms with Crippen molar-refractivity contribution in [3.05, 3.63) is 0 Å². The van der Waals surface area contributed by atoms with Crippen molar-refractivity contribution in [3.63, 3.8) is 0 Å². The summed E-state index contributed by atoms with van der Waals surface area (Å²) in [6.07, 6.45) is 22.2. The normalized spacial score (nSPS) is 27.1. The van der Waals surface area contributed by atoms with Crippen LogP contribution in [-0.2, 0) is 9.53 Å². The molecule has 3 rings (SSSR count). The highest BCUT2D eigenvalue weighted by Gasteiger charge is 2.51. The molecule has 0 saturated heterocycles. The summed E-state index contributed by atoms with van der Waals surface area (Å²) in [7, 11) is 0.980.